The molecular formula is C21H17Cl3CoN5O2. The Hall–Kier alpha value is -2.23. The van der Waals surface area contributed by atoms with Gasteiger partial charge in [0.25, 0.3) is 0 Å². The van der Waals surface area contributed by atoms with Gasteiger partial charge in [-0.3, -0.25) is 9.98 Å². The smallest absolute Gasteiger partial charge is 1.00 e. The van der Waals surface area contributed by atoms with Gasteiger partial charge in [-0.2, -0.15) is 0 Å². The van der Waals surface area contributed by atoms with Crippen LogP contribution in [0, 0.1) is 0 Å². The van der Waals surface area contributed by atoms with Gasteiger partial charge < -0.3 is 46.7 Å². The molecule has 0 fully saturated rings. The summed E-state index contributed by atoms with van der Waals surface area (Å²) >= 11 is 0. The van der Waals surface area contributed by atoms with E-state index in [1.54, 1.807) is 14.2 Å². The van der Waals surface area contributed by atoms with Crippen LogP contribution in [0.25, 0.3) is 0 Å². The van der Waals surface area contributed by atoms with Crippen LogP contribution in [-0.2, 0) is 26.3 Å². The minimum atomic E-state index is -0.0889. The molecular weight excluding hydrogens is 520 g/mol. The third-order valence-electron chi connectivity index (χ3n) is 4.74. The predicted octanol–water partition coefficient (Wildman–Crippen LogP) is -6.57. The van der Waals surface area contributed by atoms with Crippen LogP contribution in [0.5, 0.6) is 0 Å². The second-order valence-electron chi connectivity index (χ2n) is 6.50. The van der Waals surface area contributed by atoms with Crippen molar-refractivity contribution < 1.29 is 63.5 Å². The van der Waals surface area contributed by atoms with Gasteiger partial charge in [0, 0.05) is 12.2 Å². The standard InChI is InChI=1S/C21H17N5O2.3ClH.Co/c1-27-12-6-8-14-18(10-12)25-20(23-14)16-4-3-5-17(22-16)21-24-15-9-7-13(28-2)11-19(15)26-21;;;;/h3-11,14-15H,1-2H3;3*1H;/q;;;;+3/p-3. The first-order chi connectivity index (χ1) is 13.7. The molecule has 0 aromatic carbocycles. The number of amidine groups is 2. The zero-order valence-corrected chi connectivity index (χ0v) is 20.2. The molecule has 168 valence electrons. The van der Waals surface area contributed by atoms with Crippen LogP contribution in [0.15, 0.2) is 86.1 Å². The van der Waals surface area contributed by atoms with Crippen LogP contribution in [0.4, 0.5) is 0 Å². The van der Waals surface area contributed by atoms with Gasteiger partial charge in [-0.1, -0.05) is 18.2 Å². The molecule has 7 nitrogen and oxygen atoms in total. The number of aliphatic imine (C=N–C) groups is 4. The van der Waals surface area contributed by atoms with Crippen LogP contribution in [-0.4, -0.2) is 54.4 Å². The molecule has 32 heavy (non-hydrogen) atoms. The molecule has 3 heterocycles. The molecule has 11 heteroatoms. The van der Waals surface area contributed by atoms with Crippen molar-refractivity contribution in [3.05, 3.63) is 77.6 Å². The summed E-state index contributed by atoms with van der Waals surface area (Å²) in [6.45, 7) is 0. The third kappa shape index (κ3) is 5.21. The van der Waals surface area contributed by atoms with Crippen molar-refractivity contribution in [3.63, 3.8) is 0 Å². The molecule has 0 N–H and O–H groups in total. The number of allylic oxidation sites excluding steroid dienone is 2. The number of hydrogen-bond acceptors (Lipinski definition) is 7. The van der Waals surface area contributed by atoms with Gasteiger partial charge in [-0.25, -0.2) is 15.0 Å². The predicted molar refractivity (Wildman–Crippen MR) is 108 cm³/mol. The molecule has 2 aliphatic heterocycles. The summed E-state index contributed by atoms with van der Waals surface area (Å²) in [6, 6.07) is 5.54. The van der Waals surface area contributed by atoms with Gasteiger partial charge >= 0.3 is 16.8 Å². The molecule has 2 unspecified atom stereocenters. The first kappa shape index (κ1) is 27.8. The van der Waals surface area contributed by atoms with E-state index in [0.717, 1.165) is 22.9 Å². The Morgan fingerprint density at radius 2 is 1.16 bits per heavy atom. The van der Waals surface area contributed by atoms with E-state index in [1.165, 1.54) is 0 Å². The van der Waals surface area contributed by atoms with Crippen molar-refractivity contribution in [2.75, 3.05) is 14.2 Å². The molecule has 2 aliphatic carbocycles. The number of nitrogens with zero attached hydrogens (tertiary/aromatic N) is 5. The molecule has 1 aromatic rings. The summed E-state index contributed by atoms with van der Waals surface area (Å²) in [5.74, 6) is 2.74. The molecule has 0 saturated carbocycles. The molecule has 0 radical (unpaired) electrons. The Balaban J connectivity index is 0.00000128. The average molecular weight is 537 g/mol. The summed E-state index contributed by atoms with van der Waals surface area (Å²) in [5.41, 5.74) is 3.10. The molecule has 0 amide bonds. The molecule has 0 saturated heterocycles. The monoisotopic (exact) mass is 535 g/mol. The molecule has 0 bridgehead atoms. The van der Waals surface area contributed by atoms with Gasteiger partial charge in [0.05, 0.1) is 25.6 Å². The number of hydrogen-bond donors (Lipinski definition) is 0. The normalized spacial score (nSPS) is 21.3. The van der Waals surface area contributed by atoms with Crippen LogP contribution in [0.1, 0.15) is 11.4 Å². The quantitative estimate of drug-likeness (QED) is 0.384. The van der Waals surface area contributed by atoms with Gasteiger partial charge in [0.15, 0.2) is 11.7 Å². The number of pyridine rings is 1. The van der Waals surface area contributed by atoms with Crippen LogP contribution >= 0.6 is 0 Å². The zero-order valence-electron chi connectivity index (χ0n) is 16.9. The molecule has 4 aliphatic rings. The van der Waals surface area contributed by atoms with E-state index >= 15 is 0 Å². The molecule has 2 atom stereocenters. The molecule has 1 aromatic heterocycles. The van der Waals surface area contributed by atoms with Crippen molar-refractivity contribution >= 4 is 23.1 Å². The fourth-order valence-electron chi connectivity index (χ4n) is 3.29. The minimum absolute atomic E-state index is 0. The summed E-state index contributed by atoms with van der Waals surface area (Å²) in [6.07, 6.45) is 11.5. The van der Waals surface area contributed by atoms with E-state index in [2.05, 4.69) is 20.0 Å². The SMILES string of the molecule is COC1=CC2=NC(c3cccc(C4=NC5C=CC(OC)=CC5=N4)n3)=NC2C=C1.[Cl-].[Cl-].[Cl-].[Co+3]. The topological polar surface area (TPSA) is 80.8 Å². The summed E-state index contributed by atoms with van der Waals surface area (Å²) < 4.78 is 10.5. The number of ether oxygens (including phenoxy) is 2. The van der Waals surface area contributed by atoms with E-state index in [-0.39, 0.29) is 66.1 Å². The van der Waals surface area contributed by atoms with Gasteiger partial charge in [0.2, 0.25) is 0 Å². The first-order valence-corrected chi connectivity index (χ1v) is 8.92. The van der Waals surface area contributed by atoms with Crippen molar-refractivity contribution in [2.24, 2.45) is 20.0 Å². The second kappa shape index (κ2) is 11.6. The average Bonchev–Trinajstić information content (AvgIpc) is 3.36. The first-order valence-electron chi connectivity index (χ1n) is 8.92. The van der Waals surface area contributed by atoms with Crippen molar-refractivity contribution in [1.82, 2.24) is 4.98 Å². The summed E-state index contributed by atoms with van der Waals surface area (Å²) in [4.78, 5) is 23.3. The fraction of sp³-hybridized carbons (Fsp3) is 0.190. The van der Waals surface area contributed by atoms with Gasteiger partial charge in [-0.15, -0.1) is 0 Å². The van der Waals surface area contributed by atoms with Crippen molar-refractivity contribution in [2.45, 2.75) is 12.1 Å². The number of methoxy groups -OCH3 is 2. The van der Waals surface area contributed by atoms with E-state index in [0.29, 0.717) is 23.1 Å². The number of halogens is 3. The fourth-order valence-corrected chi connectivity index (χ4v) is 3.29. The Morgan fingerprint density at radius 3 is 1.56 bits per heavy atom. The molecule has 5 rings (SSSR count). The number of fused-ring (bicyclic) bond motifs is 2. The van der Waals surface area contributed by atoms with E-state index in [9.17, 15) is 0 Å². The van der Waals surface area contributed by atoms with Gasteiger partial charge in [-0.05, 0) is 24.3 Å². The van der Waals surface area contributed by atoms with Crippen molar-refractivity contribution in [3.8, 4) is 0 Å². The third-order valence-corrected chi connectivity index (χ3v) is 4.74. The Bertz CT molecular complexity index is 1040. The largest absolute Gasteiger partial charge is 3.00 e. The number of aromatic nitrogens is 1. The number of rotatable bonds is 4. The van der Waals surface area contributed by atoms with Crippen LogP contribution in [0.3, 0.4) is 0 Å². The van der Waals surface area contributed by atoms with E-state index < -0.39 is 0 Å². The zero-order chi connectivity index (χ0) is 19.1. The van der Waals surface area contributed by atoms with Crippen LogP contribution < -0.4 is 37.2 Å². The maximum atomic E-state index is 5.27. The second-order valence-corrected chi connectivity index (χ2v) is 6.50. The Kier molecular flexibility index (Phi) is 10.1. The summed E-state index contributed by atoms with van der Waals surface area (Å²) in [5, 5.41) is 0. The minimum Gasteiger partial charge on any atom is -1.00 e. The van der Waals surface area contributed by atoms with E-state index in [1.807, 2.05) is 54.7 Å². The summed E-state index contributed by atoms with van der Waals surface area (Å²) in [7, 11) is 3.28. The maximum absolute atomic E-state index is 5.27. The van der Waals surface area contributed by atoms with Crippen LogP contribution in [0.2, 0.25) is 0 Å². The molecule has 0 spiro atoms. The maximum Gasteiger partial charge on any atom is 3.00 e. The van der Waals surface area contributed by atoms with Gasteiger partial charge in [0.1, 0.15) is 35.0 Å². The Labute approximate surface area is 214 Å². The Morgan fingerprint density at radius 1 is 0.719 bits per heavy atom. The van der Waals surface area contributed by atoms with Crippen molar-refractivity contribution in [1.29, 1.82) is 0 Å². The van der Waals surface area contributed by atoms with E-state index in [4.69, 9.17) is 14.5 Å².